The summed E-state index contributed by atoms with van der Waals surface area (Å²) in [6.07, 6.45) is 1.77. The van der Waals surface area contributed by atoms with Crippen molar-refractivity contribution in [3.8, 4) is 0 Å². The number of carbonyl (C=O) groups is 1. The molecule has 0 fully saturated rings. The average molecular weight is 282 g/mol. The van der Waals surface area contributed by atoms with Crippen molar-refractivity contribution < 1.29 is 9.90 Å². The molecule has 0 bridgehead atoms. The number of carboxylic acids is 1. The predicted octanol–water partition coefficient (Wildman–Crippen LogP) is 2.93. The van der Waals surface area contributed by atoms with Gasteiger partial charge in [-0.3, -0.25) is 0 Å². The molecule has 0 saturated carbocycles. The highest BCUT2D eigenvalue weighted by Crippen LogP contribution is 2.24. The lowest BCUT2D eigenvalue weighted by Gasteiger charge is -2.23. The number of thiophene rings is 1. The monoisotopic (exact) mass is 282 g/mol. The van der Waals surface area contributed by atoms with Gasteiger partial charge in [-0.2, -0.15) is 0 Å². The predicted molar refractivity (Wildman–Crippen MR) is 73.3 cm³/mol. The van der Waals surface area contributed by atoms with Crippen molar-refractivity contribution in [1.82, 2.24) is 10.3 Å². The van der Waals surface area contributed by atoms with Crippen LogP contribution in [-0.2, 0) is 12.1 Å². The average Bonchev–Trinajstić information content (AvgIpc) is 2.97. The minimum absolute atomic E-state index is 0.258. The smallest absolute Gasteiger partial charge is 0.346 e. The largest absolute Gasteiger partial charge is 0.477 e. The third kappa shape index (κ3) is 2.77. The van der Waals surface area contributed by atoms with Gasteiger partial charge in [-0.15, -0.1) is 22.7 Å². The van der Waals surface area contributed by atoms with Gasteiger partial charge in [-0.25, -0.2) is 9.78 Å². The van der Waals surface area contributed by atoms with Crippen LogP contribution in [0.2, 0.25) is 0 Å². The molecule has 0 aliphatic carbocycles. The molecule has 2 heterocycles. The number of thiazole rings is 1. The second kappa shape index (κ2) is 5.17. The first-order chi connectivity index (χ1) is 8.50. The van der Waals surface area contributed by atoms with E-state index in [0.29, 0.717) is 11.4 Å². The zero-order valence-electron chi connectivity index (χ0n) is 10.1. The first kappa shape index (κ1) is 13.2. The summed E-state index contributed by atoms with van der Waals surface area (Å²) < 4.78 is 0. The standard InChI is InChI=1S/C12H14N2O2S2/c1-12(2,11-13-4-6-18-11)14-7-8-3-5-17-9(8)10(15)16/h3-6,14H,7H2,1-2H3,(H,15,16). The maximum absolute atomic E-state index is 11.0. The van der Waals surface area contributed by atoms with Crippen molar-refractivity contribution >= 4 is 28.6 Å². The molecule has 2 N–H and O–H groups in total. The van der Waals surface area contributed by atoms with E-state index in [1.54, 1.807) is 22.9 Å². The number of hydrogen-bond donors (Lipinski definition) is 2. The Balaban J connectivity index is 2.08. The third-order valence-electron chi connectivity index (χ3n) is 2.63. The molecule has 18 heavy (non-hydrogen) atoms. The Bertz CT molecular complexity index is 532. The van der Waals surface area contributed by atoms with Gasteiger partial charge in [-0.05, 0) is 30.9 Å². The second-order valence-electron chi connectivity index (χ2n) is 4.40. The van der Waals surface area contributed by atoms with Crippen LogP contribution in [0.15, 0.2) is 23.0 Å². The summed E-state index contributed by atoms with van der Waals surface area (Å²) in [4.78, 5) is 15.7. The molecule has 0 unspecified atom stereocenters. The van der Waals surface area contributed by atoms with Gasteiger partial charge in [0, 0.05) is 18.1 Å². The van der Waals surface area contributed by atoms with Crippen LogP contribution in [0.25, 0.3) is 0 Å². The van der Waals surface area contributed by atoms with Crippen molar-refractivity contribution in [3.05, 3.63) is 38.5 Å². The van der Waals surface area contributed by atoms with E-state index >= 15 is 0 Å². The number of aromatic nitrogens is 1. The van der Waals surface area contributed by atoms with Gasteiger partial charge in [0.25, 0.3) is 0 Å². The summed E-state index contributed by atoms with van der Waals surface area (Å²) in [7, 11) is 0. The third-order valence-corrected chi connectivity index (χ3v) is 4.67. The van der Waals surface area contributed by atoms with E-state index < -0.39 is 5.97 Å². The Morgan fingerprint density at radius 3 is 2.83 bits per heavy atom. The maximum atomic E-state index is 11.0. The number of nitrogens with zero attached hydrogens (tertiary/aromatic N) is 1. The topological polar surface area (TPSA) is 62.2 Å². The molecular weight excluding hydrogens is 268 g/mol. The number of carboxylic acid groups (broad SMARTS) is 1. The second-order valence-corrected chi connectivity index (χ2v) is 6.21. The zero-order chi connectivity index (χ0) is 13.2. The fourth-order valence-corrected chi connectivity index (χ4v) is 3.09. The Morgan fingerprint density at radius 1 is 1.44 bits per heavy atom. The van der Waals surface area contributed by atoms with Gasteiger partial charge in [0.1, 0.15) is 9.88 Å². The highest BCUT2D eigenvalue weighted by Gasteiger charge is 2.23. The minimum Gasteiger partial charge on any atom is -0.477 e. The molecule has 0 saturated heterocycles. The SMILES string of the molecule is CC(C)(NCc1ccsc1C(=O)O)c1nccs1. The number of nitrogens with one attached hydrogen (secondary N) is 1. The molecule has 0 amide bonds. The van der Waals surface area contributed by atoms with E-state index in [1.165, 1.54) is 11.3 Å². The van der Waals surface area contributed by atoms with E-state index in [-0.39, 0.29) is 5.54 Å². The first-order valence-electron chi connectivity index (χ1n) is 5.45. The van der Waals surface area contributed by atoms with Crippen LogP contribution in [0.5, 0.6) is 0 Å². The number of aromatic carboxylic acids is 1. The van der Waals surface area contributed by atoms with Crippen LogP contribution in [0.3, 0.4) is 0 Å². The lowest BCUT2D eigenvalue weighted by molar-refractivity contribution is 0.0700. The molecule has 0 atom stereocenters. The van der Waals surface area contributed by atoms with E-state index in [4.69, 9.17) is 5.11 Å². The summed E-state index contributed by atoms with van der Waals surface area (Å²) in [5.41, 5.74) is 0.559. The van der Waals surface area contributed by atoms with Crippen LogP contribution in [-0.4, -0.2) is 16.1 Å². The quantitative estimate of drug-likeness (QED) is 0.885. The first-order valence-corrected chi connectivity index (χ1v) is 7.21. The van der Waals surface area contributed by atoms with Crippen molar-refractivity contribution in [1.29, 1.82) is 0 Å². The molecule has 0 aromatic carbocycles. The van der Waals surface area contributed by atoms with Gasteiger partial charge in [0.05, 0.1) is 5.54 Å². The molecular formula is C12H14N2O2S2. The lowest BCUT2D eigenvalue weighted by Crippen LogP contribution is -2.36. The molecule has 4 nitrogen and oxygen atoms in total. The number of hydrogen-bond acceptors (Lipinski definition) is 5. The summed E-state index contributed by atoms with van der Waals surface area (Å²) in [6.45, 7) is 4.61. The Kier molecular flexibility index (Phi) is 3.79. The van der Waals surface area contributed by atoms with Gasteiger partial charge < -0.3 is 10.4 Å². The molecule has 2 rings (SSSR count). The van der Waals surface area contributed by atoms with E-state index in [1.807, 2.05) is 25.3 Å². The molecule has 2 aromatic rings. The Labute approximate surface area is 113 Å². The maximum Gasteiger partial charge on any atom is 0.346 e. The highest BCUT2D eigenvalue weighted by atomic mass is 32.1. The van der Waals surface area contributed by atoms with Crippen molar-refractivity contribution in [2.75, 3.05) is 0 Å². The van der Waals surface area contributed by atoms with Gasteiger partial charge in [0.15, 0.2) is 0 Å². The van der Waals surface area contributed by atoms with Gasteiger partial charge in [-0.1, -0.05) is 0 Å². The summed E-state index contributed by atoms with van der Waals surface area (Å²) in [5.74, 6) is -0.867. The molecule has 0 spiro atoms. The molecule has 96 valence electrons. The van der Waals surface area contributed by atoms with Crippen LogP contribution in [0.4, 0.5) is 0 Å². The Morgan fingerprint density at radius 2 is 2.22 bits per heavy atom. The highest BCUT2D eigenvalue weighted by molar-refractivity contribution is 7.12. The van der Waals surface area contributed by atoms with E-state index in [0.717, 1.165) is 10.6 Å². The molecule has 6 heteroatoms. The van der Waals surface area contributed by atoms with Crippen molar-refractivity contribution in [2.45, 2.75) is 25.9 Å². The van der Waals surface area contributed by atoms with E-state index in [2.05, 4.69) is 10.3 Å². The fourth-order valence-electron chi connectivity index (χ4n) is 1.59. The van der Waals surface area contributed by atoms with Crippen LogP contribution >= 0.6 is 22.7 Å². The molecule has 0 aliphatic heterocycles. The number of rotatable bonds is 5. The van der Waals surface area contributed by atoms with Gasteiger partial charge >= 0.3 is 5.97 Å². The van der Waals surface area contributed by atoms with Crippen LogP contribution in [0, 0.1) is 0 Å². The van der Waals surface area contributed by atoms with Crippen molar-refractivity contribution in [2.24, 2.45) is 0 Å². The van der Waals surface area contributed by atoms with Crippen LogP contribution in [0.1, 0.15) is 34.1 Å². The summed E-state index contributed by atoms with van der Waals surface area (Å²) in [6, 6.07) is 1.85. The van der Waals surface area contributed by atoms with Crippen molar-refractivity contribution in [3.63, 3.8) is 0 Å². The Hall–Kier alpha value is -1.24. The molecule has 0 radical (unpaired) electrons. The zero-order valence-corrected chi connectivity index (χ0v) is 11.8. The molecule has 0 aliphatic rings. The lowest BCUT2D eigenvalue weighted by atomic mass is 10.1. The summed E-state index contributed by atoms with van der Waals surface area (Å²) in [5, 5.41) is 17.1. The fraction of sp³-hybridized carbons (Fsp3) is 0.333. The minimum atomic E-state index is -0.867. The normalized spacial score (nSPS) is 11.7. The molecule has 2 aromatic heterocycles. The van der Waals surface area contributed by atoms with Crippen LogP contribution < -0.4 is 5.32 Å². The summed E-state index contributed by atoms with van der Waals surface area (Å²) >= 11 is 2.84. The van der Waals surface area contributed by atoms with Gasteiger partial charge in [0.2, 0.25) is 0 Å². The van der Waals surface area contributed by atoms with E-state index in [9.17, 15) is 4.79 Å².